The molecule has 1 aliphatic carbocycles. The molecule has 30 heavy (non-hydrogen) atoms. The highest BCUT2D eigenvalue weighted by molar-refractivity contribution is 5.95. The molecule has 1 aliphatic heterocycles. The maximum absolute atomic E-state index is 13.1. The second kappa shape index (κ2) is 9.34. The first-order chi connectivity index (χ1) is 14.6. The van der Waals surface area contributed by atoms with E-state index in [1.54, 1.807) is 19.3 Å². The van der Waals surface area contributed by atoms with Gasteiger partial charge in [0.05, 0.1) is 12.7 Å². The van der Waals surface area contributed by atoms with Gasteiger partial charge in [-0.1, -0.05) is 24.4 Å². The van der Waals surface area contributed by atoms with Gasteiger partial charge in [0.25, 0.3) is 5.91 Å². The molecule has 160 valence electrons. The minimum atomic E-state index is -0.356. The van der Waals surface area contributed by atoms with Gasteiger partial charge in [-0.2, -0.15) is 0 Å². The van der Waals surface area contributed by atoms with Crippen LogP contribution < -0.4 is 0 Å². The van der Waals surface area contributed by atoms with Crippen LogP contribution in [0.1, 0.15) is 53.8 Å². The first kappa shape index (κ1) is 20.5. The predicted molar refractivity (Wildman–Crippen MR) is 106 cm³/mol. The van der Waals surface area contributed by atoms with E-state index in [9.17, 15) is 9.59 Å². The number of carbonyl (C=O) groups excluding carboxylic acids is 2. The summed E-state index contributed by atoms with van der Waals surface area (Å²) < 4.78 is 10.9. The number of rotatable bonds is 5. The van der Waals surface area contributed by atoms with Gasteiger partial charge in [-0.05, 0) is 42.6 Å². The zero-order valence-corrected chi connectivity index (χ0v) is 17.2. The Morgan fingerprint density at radius 1 is 1.17 bits per heavy atom. The van der Waals surface area contributed by atoms with Crippen LogP contribution in [0.5, 0.6) is 0 Å². The van der Waals surface area contributed by atoms with Crippen molar-refractivity contribution >= 4 is 11.8 Å². The molecule has 0 radical (unpaired) electrons. The maximum atomic E-state index is 13.1. The summed E-state index contributed by atoms with van der Waals surface area (Å²) in [6, 6.07) is 4.01. The lowest BCUT2D eigenvalue weighted by molar-refractivity contribution is -0.134. The highest BCUT2D eigenvalue weighted by Crippen LogP contribution is 2.25. The highest BCUT2D eigenvalue weighted by Gasteiger charge is 2.36. The van der Waals surface area contributed by atoms with Gasteiger partial charge in [0.15, 0.2) is 5.69 Å². The summed E-state index contributed by atoms with van der Waals surface area (Å²) >= 11 is 0. The standard InChI is InChI=1S/C21H27N5O4/c1-15-20(24-30-23-15)21(28)25-11-18(29-14-16-7-9-22-10-8-16)12-26(19(27)13-25)17-5-3-2-4-6-17/h7-10,17-18H,2-6,11-14H2,1H3. The van der Waals surface area contributed by atoms with Crippen LogP contribution >= 0.6 is 0 Å². The van der Waals surface area contributed by atoms with E-state index in [4.69, 9.17) is 4.74 Å². The largest absolute Gasteiger partial charge is 0.370 e. The zero-order valence-electron chi connectivity index (χ0n) is 17.2. The summed E-state index contributed by atoms with van der Waals surface area (Å²) in [5.41, 5.74) is 1.55. The Balaban J connectivity index is 1.53. The minimum Gasteiger partial charge on any atom is -0.370 e. The molecule has 2 fully saturated rings. The fraction of sp³-hybridized carbons (Fsp3) is 0.571. The molecule has 2 aromatic heterocycles. The van der Waals surface area contributed by atoms with Crippen LogP contribution in [0.15, 0.2) is 29.2 Å². The van der Waals surface area contributed by atoms with Crippen molar-refractivity contribution in [1.29, 1.82) is 0 Å². The monoisotopic (exact) mass is 413 g/mol. The number of hydrogen-bond acceptors (Lipinski definition) is 7. The first-order valence-corrected chi connectivity index (χ1v) is 10.5. The Morgan fingerprint density at radius 2 is 1.93 bits per heavy atom. The molecule has 3 heterocycles. The van der Waals surface area contributed by atoms with Gasteiger partial charge in [-0.15, -0.1) is 0 Å². The summed E-state index contributed by atoms with van der Waals surface area (Å²) in [4.78, 5) is 33.6. The number of aromatic nitrogens is 3. The zero-order chi connectivity index (χ0) is 20.9. The van der Waals surface area contributed by atoms with Gasteiger partial charge in [0.1, 0.15) is 12.2 Å². The summed E-state index contributed by atoms with van der Waals surface area (Å²) in [5, 5.41) is 7.42. The number of nitrogens with zero attached hydrogens (tertiary/aromatic N) is 5. The van der Waals surface area contributed by atoms with Gasteiger partial charge in [-0.3, -0.25) is 14.6 Å². The van der Waals surface area contributed by atoms with Crippen LogP contribution in [0.4, 0.5) is 0 Å². The lowest BCUT2D eigenvalue weighted by Crippen LogP contribution is -2.46. The molecule has 1 unspecified atom stereocenters. The van der Waals surface area contributed by atoms with Crippen molar-refractivity contribution in [2.75, 3.05) is 19.6 Å². The normalized spacial score (nSPS) is 21.0. The van der Waals surface area contributed by atoms with Crippen LogP contribution in [0.2, 0.25) is 0 Å². The number of aryl methyl sites for hydroxylation is 1. The lowest BCUT2D eigenvalue weighted by atomic mass is 9.94. The van der Waals surface area contributed by atoms with Gasteiger partial charge in [0, 0.05) is 31.5 Å². The third-order valence-electron chi connectivity index (χ3n) is 5.86. The summed E-state index contributed by atoms with van der Waals surface area (Å²) in [6.07, 6.45) is 8.62. The van der Waals surface area contributed by atoms with Crippen LogP contribution in [-0.2, 0) is 16.1 Å². The van der Waals surface area contributed by atoms with Crippen molar-refractivity contribution in [1.82, 2.24) is 25.1 Å². The van der Waals surface area contributed by atoms with Gasteiger partial charge in [0.2, 0.25) is 5.91 Å². The second-order valence-electron chi connectivity index (χ2n) is 8.01. The van der Waals surface area contributed by atoms with Crippen molar-refractivity contribution in [3.63, 3.8) is 0 Å². The van der Waals surface area contributed by atoms with Crippen LogP contribution in [0.3, 0.4) is 0 Å². The van der Waals surface area contributed by atoms with Crippen LogP contribution in [-0.4, -0.2) is 68.7 Å². The fourth-order valence-corrected chi connectivity index (χ4v) is 4.22. The molecular formula is C21H27N5O4. The second-order valence-corrected chi connectivity index (χ2v) is 8.01. The molecule has 2 amide bonds. The lowest BCUT2D eigenvalue weighted by Gasteiger charge is -2.34. The molecule has 1 saturated carbocycles. The predicted octanol–water partition coefficient (Wildman–Crippen LogP) is 1.98. The number of ether oxygens (including phenoxy) is 1. The Bertz CT molecular complexity index is 865. The van der Waals surface area contributed by atoms with Gasteiger partial charge >= 0.3 is 0 Å². The number of amides is 2. The molecule has 0 aromatic carbocycles. The molecule has 9 heteroatoms. The van der Waals surface area contributed by atoms with E-state index >= 15 is 0 Å². The number of hydrogen-bond donors (Lipinski definition) is 0. The molecule has 0 spiro atoms. The number of carbonyl (C=O) groups is 2. The molecular weight excluding hydrogens is 386 g/mol. The quantitative estimate of drug-likeness (QED) is 0.738. The van der Waals surface area contributed by atoms with E-state index in [1.807, 2.05) is 17.0 Å². The van der Waals surface area contributed by atoms with Crippen LogP contribution in [0, 0.1) is 6.92 Å². The van der Waals surface area contributed by atoms with E-state index in [0.717, 1.165) is 31.2 Å². The average Bonchev–Trinajstić information content (AvgIpc) is 3.13. The Hall–Kier alpha value is -2.81. The van der Waals surface area contributed by atoms with Crippen molar-refractivity contribution in [2.24, 2.45) is 0 Å². The maximum Gasteiger partial charge on any atom is 0.278 e. The average molecular weight is 413 g/mol. The number of pyridine rings is 1. The molecule has 2 aliphatic rings. The van der Waals surface area contributed by atoms with Gasteiger partial charge < -0.3 is 14.5 Å². The Morgan fingerprint density at radius 3 is 2.63 bits per heavy atom. The van der Waals surface area contributed by atoms with Crippen LogP contribution in [0.25, 0.3) is 0 Å². The molecule has 1 atom stereocenters. The molecule has 9 nitrogen and oxygen atoms in total. The fourth-order valence-electron chi connectivity index (χ4n) is 4.22. The van der Waals surface area contributed by atoms with E-state index in [1.165, 1.54) is 11.3 Å². The molecule has 0 bridgehead atoms. The SMILES string of the molecule is Cc1nonc1C(=O)N1CC(=O)N(C2CCCCC2)CC(OCc2ccncc2)C1. The van der Waals surface area contributed by atoms with Crippen molar-refractivity contribution < 1.29 is 19.0 Å². The van der Waals surface area contributed by atoms with E-state index in [0.29, 0.717) is 25.4 Å². The summed E-state index contributed by atoms with van der Waals surface area (Å²) in [7, 11) is 0. The molecule has 4 rings (SSSR count). The van der Waals surface area contributed by atoms with Crippen molar-refractivity contribution in [3.05, 3.63) is 41.5 Å². The highest BCUT2D eigenvalue weighted by atomic mass is 16.6. The van der Waals surface area contributed by atoms with Crippen molar-refractivity contribution in [2.45, 2.75) is 57.8 Å². The molecule has 2 aromatic rings. The summed E-state index contributed by atoms with van der Waals surface area (Å²) in [5.74, 6) is -0.399. The van der Waals surface area contributed by atoms with Gasteiger partial charge in [-0.25, -0.2) is 4.63 Å². The van der Waals surface area contributed by atoms with Crippen molar-refractivity contribution in [3.8, 4) is 0 Å². The first-order valence-electron chi connectivity index (χ1n) is 10.5. The summed E-state index contributed by atoms with van der Waals surface area (Å²) in [6.45, 7) is 2.86. The Labute approximate surface area is 175 Å². The smallest absolute Gasteiger partial charge is 0.278 e. The Kier molecular flexibility index (Phi) is 6.37. The third kappa shape index (κ3) is 4.67. The third-order valence-corrected chi connectivity index (χ3v) is 5.86. The van der Waals surface area contributed by atoms with E-state index < -0.39 is 0 Å². The minimum absolute atomic E-state index is 0.0107. The topological polar surface area (TPSA) is 102 Å². The molecule has 1 saturated heterocycles. The van der Waals surface area contributed by atoms with E-state index in [-0.39, 0.29) is 36.2 Å². The molecule has 0 N–H and O–H groups in total. The van der Waals surface area contributed by atoms with E-state index in [2.05, 4.69) is 19.9 Å².